The second-order valence-corrected chi connectivity index (χ2v) is 28.9. The molecule has 0 saturated carbocycles. The minimum Gasteiger partial charge on any atom is -0.493 e. The second kappa shape index (κ2) is 25.9. The number of benzene rings is 4. The van der Waals surface area contributed by atoms with Crippen LogP contribution in [0.2, 0.25) is 0 Å². The van der Waals surface area contributed by atoms with E-state index in [1.807, 2.05) is 68.7 Å². The van der Waals surface area contributed by atoms with Crippen LogP contribution in [0.25, 0.3) is 78.8 Å². The van der Waals surface area contributed by atoms with Crippen LogP contribution in [0.4, 0.5) is 11.4 Å². The fraction of sp³-hybridized carbons (Fsp3) is 0.347. The maximum absolute atomic E-state index is 11.8. The smallest absolute Gasteiger partial charge is 0.270 e. The van der Waals surface area contributed by atoms with Gasteiger partial charge in [-0.25, -0.2) is 15.0 Å². The summed E-state index contributed by atoms with van der Waals surface area (Å²) in [6.45, 7) is 28.6. The molecule has 2 aliphatic rings. The van der Waals surface area contributed by atoms with Crippen LogP contribution in [-0.2, 0) is 0 Å². The molecule has 0 saturated heterocycles. The number of ether oxygens (including phenoxy) is 4. The summed E-state index contributed by atoms with van der Waals surface area (Å²) in [5.41, 5.74) is 12.9. The van der Waals surface area contributed by atoms with Crippen LogP contribution in [0.1, 0.15) is 153 Å². The Balaban J connectivity index is 1.28. The molecule has 2 aliphatic heterocycles. The average Bonchev–Trinajstić information content (AvgIpc) is 1.87. The molecule has 0 unspecified atom stereocenters. The highest BCUT2D eigenvalue weighted by atomic mass is 32.1. The molecule has 0 amide bonds. The van der Waals surface area contributed by atoms with Gasteiger partial charge < -0.3 is 33.8 Å². The first-order valence-electron chi connectivity index (χ1n) is 30.5. The normalized spacial score (nSPS) is 12.3. The van der Waals surface area contributed by atoms with Crippen LogP contribution in [0.5, 0.6) is 23.0 Å². The molecule has 6 heterocycles. The van der Waals surface area contributed by atoms with Gasteiger partial charge in [-0.2, -0.15) is 0 Å². The van der Waals surface area contributed by atoms with E-state index in [1.54, 1.807) is 12.1 Å². The summed E-state index contributed by atoms with van der Waals surface area (Å²) in [6.07, 6.45) is 11.5. The molecule has 8 bridgehead atoms. The van der Waals surface area contributed by atoms with Crippen LogP contribution < -0.4 is 23.8 Å². The molecule has 4 aromatic carbocycles. The molecule has 10 rings (SSSR count). The number of hydrogen-bond donors (Lipinski definition) is 2. The fourth-order valence-corrected chi connectivity index (χ4v) is 10.8. The monoisotopic (exact) mass is 1210 g/mol. The van der Waals surface area contributed by atoms with E-state index in [9.17, 15) is 10.1 Å². The van der Waals surface area contributed by atoms with Gasteiger partial charge in [0.15, 0.2) is 5.01 Å². The standard InChI is InChI=1S/C75H81N7O6S/c1-72(2,3)33-37-85-53-41-49(42-54(46-53)86-38-34-73(4,5)6)70-64-28-24-59(76-64)57(21-17-48-15-18-51(19-16-48)81(13)14)60-25-29-65(77-60)71(50-43-55(87-39-35-74(7,8)9)47-56(44-50)88-40-36-75(10,11)12)67-31-27-62(79-67)58(61-26-30-66(70)78-61)22-32-69-80-63-23-20-52(82(83)84)45-68(63)89-69/h15-16,18-20,23-31,41-47,76,79H,33-40H2,1-14H3. The number of aromatic amines is 2. The number of non-ortho nitro benzene ring substituents is 1. The molecule has 89 heavy (non-hydrogen) atoms. The summed E-state index contributed by atoms with van der Waals surface area (Å²) in [6, 6.07) is 33.3. The largest absolute Gasteiger partial charge is 0.493 e. The van der Waals surface area contributed by atoms with Crippen LogP contribution in [0.3, 0.4) is 0 Å². The van der Waals surface area contributed by atoms with E-state index < -0.39 is 4.92 Å². The van der Waals surface area contributed by atoms with Gasteiger partial charge in [0.05, 0.1) is 86.5 Å². The molecule has 0 spiro atoms. The van der Waals surface area contributed by atoms with Crippen molar-refractivity contribution < 1.29 is 23.9 Å². The van der Waals surface area contributed by atoms with Crippen LogP contribution in [0, 0.1) is 55.5 Å². The number of H-pyrrole nitrogens is 2. The fourth-order valence-electron chi connectivity index (χ4n) is 9.92. The average molecular weight is 1210 g/mol. The van der Waals surface area contributed by atoms with E-state index in [0.29, 0.717) is 104 Å². The molecule has 0 radical (unpaired) electrons. The van der Waals surface area contributed by atoms with Gasteiger partial charge in [0.2, 0.25) is 0 Å². The van der Waals surface area contributed by atoms with Crippen molar-refractivity contribution in [3.8, 4) is 68.9 Å². The summed E-state index contributed by atoms with van der Waals surface area (Å²) in [5, 5.41) is 12.3. The maximum Gasteiger partial charge on any atom is 0.270 e. The van der Waals surface area contributed by atoms with Gasteiger partial charge in [0, 0.05) is 71.8 Å². The molecular weight excluding hydrogens is 1130 g/mol. The zero-order valence-electron chi connectivity index (χ0n) is 53.9. The first-order chi connectivity index (χ1) is 42.2. The lowest BCUT2D eigenvalue weighted by Gasteiger charge is -2.20. The predicted octanol–water partition coefficient (Wildman–Crippen LogP) is 18.6. The van der Waals surface area contributed by atoms with Crippen molar-refractivity contribution in [3.05, 3.63) is 158 Å². The van der Waals surface area contributed by atoms with Crippen molar-refractivity contribution >= 4 is 79.3 Å². The number of fused-ring (bicyclic) bond motifs is 9. The van der Waals surface area contributed by atoms with E-state index >= 15 is 0 Å². The Labute approximate surface area is 527 Å². The second-order valence-electron chi connectivity index (χ2n) is 27.9. The molecule has 13 nitrogen and oxygen atoms in total. The van der Waals surface area contributed by atoms with Crippen molar-refractivity contribution in [2.75, 3.05) is 45.4 Å². The number of nitrogens with one attached hydrogen (secondary N) is 2. The molecule has 8 aromatic rings. The van der Waals surface area contributed by atoms with Gasteiger partial charge in [-0.15, -0.1) is 11.3 Å². The number of thiazole rings is 1. The van der Waals surface area contributed by atoms with Crippen molar-refractivity contribution in [2.45, 2.75) is 109 Å². The van der Waals surface area contributed by atoms with Gasteiger partial charge in [-0.05, 0) is 168 Å². The number of aromatic nitrogens is 5. The van der Waals surface area contributed by atoms with Crippen molar-refractivity contribution in [1.82, 2.24) is 24.9 Å². The van der Waals surface area contributed by atoms with E-state index in [4.69, 9.17) is 33.9 Å². The summed E-state index contributed by atoms with van der Waals surface area (Å²) in [5.74, 6) is 16.7. The predicted molar refractivity (Wildman–Crippen MR) is 367 cm³/mol. The maximum atomic E-state index is 11.8. The number of rotatable bonds is 16. The lowest BCUT2D eigenvalue weighted by molar-refractivity contribution is -0.384. The van der Waals surface area contributed by atoms with Gasteiger partial charge >= 0.3 is 0 Å². The van der Waals surface area contributed by atoms with Crippen LogP contribution >= 0.6 is 11.3 Å². The first-order valence-corrected chi connectivity index (χ1v) is 31.3. The SMILES string of the molecule is CN(C)c1ccc(C#Cc2c3nc(c(-c4cc(OCCC(C)(C)C)cc(OCCC(C)(C)C)c4)c4ccc([nH]4)c(C#Cc4nc5ccc([N+](=O)[O-])cc5s4)c4nc(c(-c5cc(OCCC(C)(C)C)cc(OCCC(C)(C)C)c5)c5ccc2[nH]5)C=C4)C=C3)cc1. The summed E-state index contributed by atoms with van der Waals surface area (Å²) in [7, 11) is 4.05. The van der Waals surface area contributed by atoms with E-state index in [0.717, 1.165) is 75.7 Å². The minimum atomic E-state index is -0.399. The third-order valence-corrected chi connectivity index (χ3v) is 16.1. The van der Waals surface area contributed by atoms with E-state index in [2.05, 4.69) is 176 Å². The Kier molecular flexibility index (Phi) is 18.3. The Morgan fingerprint density at radius 3 is 1.29 bits per heavy atom. The highest BCUT2D eigenvalue weighted by Gasteiger charge is 2.22. The lowest BCUT2D eigenvalue weighted by atomic mass is 9.93. The van der Waals surface area contributed by atoms with Gasteiger partial charge in [0.25, 0.3) is 5.69 Å². The van der Waals surface area contributed by atoms with Crippen LogP contribution in [0.15, 0.2) is 103 Å². The topological polar surface area (TPSA) is 154 Å². The molecule has 4 aromatic heterocycles. The highest BCUT2D eigenvalue weighted by Crippen LogP contribution is 2.40. The zero-order valence-corrected chi connectivity index (χ0v) is 54.7. The first kappa shape index (κ1) is 62.9. The van der Waals surface area contributed by atoms with Gasteiger partial charge in [-0.1, -0.05) is 101 Å². The van der Waals surface area contributed by atoms with Crippen LogP contribution in [-0.4, -0.2) is 70.4 Å². The highest BCUT2D eigenvalue weighted by molar-refractivity contribution is 7.19. The molecular formula is C75H81N7O6S. The summed E-state index contributed by atoms with van der Waals surface area (Å²) < 4.78 is 27.1. The summed E-state index contributed by atoms with van der Waals surface area (Å²) in [4.78, 5) is 37.0. The number of nitro groups is 1. The zero-order chi connectivity index (χ0) is 63.4. The Morgan fingerprint density at radius 2 is 0.888 bits per heavy atom. The molecule has 0 aliphatic carbocycles. The van der Waals surface area contributed by atoms with Crippen molar-refractivity contribution in [3.63, 3.8) is 0 Å². The third-order valence-electron chi connectivity index (χ3n) is 15.2. The summed E-state index contributed by atoms with van der Waals surface area (Å²) >= 11 is 1.30. The number of nitro benzene ring substituents is 1. The molecule has 0 fully saturated rings. The Bertz CT molecular complexity index is 4180. The van der Waals surface area contributed by atoms with E-state index in [-0.39, 0.29) is 27.3 Å². The molecule has 458 valence electrons. The van der Waals surface area contributed by atoms with Gasteiger partial charge in [0.1, 0.15) is 23.0 Å². The molecule has 2 N–H and O–H groups in total. The Morgan fingerprint density at radius 1 is 0.483 bits per heavy atom. The Hall–Kier alpha value is -9.11. The number of nitrogens with zero attached hydrogens (tertiary/aromatic N) is 5. The minimum absolute atomic E-state index is 0.0102. The molecule has 0 atom stereocenters. The molecule has 14 heteroatoms. The lowest BCUT2D eigenvalue weighted by Crippen LogP contribution is -2.12. The van der Waals surface area contributed by atoms with E-state index in [1.165, 1.54) is 17.4 Å². The van der Waals surface area contributed by atoms with Crippen molar-refractivity contribution in [1.29, 1.82) is 0 Å². The number of anilines is 1. The number of hydrogen-bond acceptors (Lipinski definition) is 11. The third kappa shape index (κ3) is 16.5. The van der Waals surface area contributed by atoms with Gasteiger partial charge in [-0.3, -0.25) is 10.1 Å². The van der Waals surface area contributed by atoms with Crippen molar-refractivity contribution in [2.24, 2.45) is 21.7 Å². The quantitative estimate of drug-likeness (QED) is 0.0543.